The monoisotopic (exact) mass is 288 g/mol. The van der Waals surface area contributed by atoms with Gasteiger partial charge in [-0.15, -0.1) is 0 Å². The first-order chi connectivity index (χ1) is 10.1. The van der Waals surface area contributed by atoms with Crippen LogP contribution >= 0.6 is 0 Å². The fraction of sp³-hybridized carbons (Fsp3) is 0.200. The maximum absolute atomic E-state index is 13.5. The number of fused-ring (bicyclic) bond motifs is 1. The molecule has 0 amide bonds. The number of hydrogen-bond donors (Lipinski definition) is 1. The van der Waals surface area contributed by atoms with Crippen LogP contribution in [0.5, 0.6) is 0 Å². The van der Waals surface area contributed by atoms with Gasteiger partial charge in [0.15, 0.2) is 0 Å². The maximum atomic E-state index is 13.5. The number of ether oxygens (including phenoxy) is 1. The molecule has 0 fully saturated rings. The van der Waals surface area contributed by atoms with Gasteiger partial charge in [-0.2, -0.15) is 0 Å². The number of rotatable bonds is 3. The third-order valence-corrected chi connectivity index (χ3v) is 3.41. The second-order valence-electron chi connectivity index (χ2n) is 4.87. The van der Waals surface area contributed by atoms with E-state index in [1.165, 1.54) is 12.1 Å². The van der Waals surface area contributed by atoms with Crippen molar-refractivity contribution in [1.29, 1.82) is 0 Å². The second kappa shape index (κ2) is 5.49. The summed E-state index contributed by atoms with van der Waals surface area (Å²) in [6, 6.07) is 11.1. The highest BCUT2D eigenvalue weighted by Gasteiger charge is 2.21. The van der Waals surface area contributed by atoms with Crippen LogP contribution in [0.4, 0.5) is 15.8 Å². The van der Waals surface area contributed by atoms with Crippen LogP contribution in [0, 0.1) is 15.9 Å². The molecule has 2 aromatic carbocycles. The third kappa shape index (κ3) is 2.85. The summed E-state index contributed by atoms with van der Waals surface area (Å²) in [6.07, 6.45) is 0. The topological polar surface area (TPSA) is 64.4 Å². The molecule has 0 bridgehead atoms. The van der Waals surface area contributed by atoms with E-state index in [9.17, 15) is 14.5 Å². The highest BCUT2D eigenvalue weighted by atomic mass is 19.1. The van der Waals surface area contributed by atoms with E-state index in [-0.39, 0.29) is 11.7 Å². The molecule has 108 valence electrons. The average Bonchev–Trinajstić information content (AvgIpc) is 2.47. The summed E-state index contributed by atoms with van der Waals surface area (Å²) in [5, 5.41) is 13.9. The first-order valence-electron chi connectivity index (χ1n) is 6.50. The standard InChI is InChI=1S/C15H13FN2O3/c16-11-5-12(7-13(6-11)18(19)20)17-15-9-21-8-10-3-1-2-4-14(10)15/h1-7,15,17H,8-9H2. The van der Waals surface area contributed by atoms with Crippen LogP contribution in [0.3, 0.4) is 0 Å². The van der Waals surface area contributed by atoms with Crippen molar-refractivity contribution < 1.29 is 14.1 Å². The van der Waals surface area contributed by atoms with Gasteiger partial charge in [0, 0.05) is 11.8 Å². The Bertz CT molecular complexity index is 690. The summed E-state index contributed by atoms with van der Waals surface area (Å²) in [5.41, 5.74) is 2.22. The number of nitro benzene ring substituents is 1. The smallest absolute Gasteiger partial charge is 0.274 e. The number of nitrogens with one attached hydrogen (secondary N) is 1. The van der Waals surface area contributed by atoms with Crippen LogP contribution in [0.15, 0.2) is 42.5 Å². The van der Waals surface area contributed by atoms with Crippen molar-refractivity contribution in [1.82, 2.24) is 0 Å². The second-order valence-corrected chi connectivity index (χ2v) is 4.87. The number of non-ortho nitro benzene ring substituents is 1. The van der Waals surface area contributed by atoms with Gasteiger partial charge < -0.3 is 10.1 Å². The zero-order valence-electron chi connectivity index (χ0n) is 11.1. The Morgan fingerprint density at radius 3 is 2.90 bits per heavy atom. The molecule has 3 rings (SSSR count). The molecular weight excluding hydrogens is 275 g/mol. The van der Waals surface area contributed by atoms with Crippen LogP contribution < -0.4 is 5.32 Å². The molecule has 0 saturated heterocycles. The lowest BCUT2D eigenvalue weighted by Gasteiger charge is -2.27. The first-order valence-corrected chi connectivity index (χ1v) is 6.50. The number of nitro groups is 1. The van der Waals surface area contributed by atoms with Crippen molar-refractivity contribution in [3.05, 3.63) is 69.5 Å². The average molecular weight is 288 g/mol. The Morgan fingerprint density at radius 1 is 1.29 bits per heavy atom. The van der Waals surface area contributed by atoms with Gasteiger partial charge in [-0.3, -0.25) is 10.1 Å². The van der Waals surface area contributed by atoms with E-state index < -0.39 is 10.7 Å². The van der Waals surface area contributed by atoms with E-state index in [1.54, 1.807) is 0 Å². The van der Waals surface area contributed by atoms with Crippen molar-refractivity contribution >= 4 is 11.4 Å². The zero-order chi connectivity index (χ0) is 14.8. The molecule has 0 aromatic heterocycles. The van der Waals surface area contributed by atoms with Gasteiger partial charge >= 0.3 is 0 Å². The molecule has 1 aliphatic heterocycles. The number of halogens is 1. The van der Waals surface area contributed by atoms with E-state index in [4.69, 9.17) is 4.74 Å². The predicted octanol–water partition coefficient (Wildman–Crippen LogP) is 3.42. The Morgan fingerprint density at radius 2 is 2.10 bits per heavy atom. The number of hydrogen-bond acceptors (Lipinski definition) is 4. The quantitative estimate of drug-likeness (QED) is 0.694. The van der Waals surface area contributed by atoms with E-state index in [2.05, 4.69) is 5.32 Å². The Balaban J connectivity index is 1.90. The number of nitrogens with zero attached hydrogens (tertiary/aromatic N) is 1. The molecule has 0 saturated carbocycles. The van der Waals surface area contributed by atoms with Gasteiger partial charge in [-0.25, -0.2) is 4.39 Å². The predicted molar refractivity (Wildman–Crippen MR) is 75.5 cm³/mol. The molecule has 0 spiro atoms. The van der Waals surface area contributed by atoms with Gasteiger partial charge in [0.2, 0.25) is 0 Å². The van der Waals surface area contributed by atoms with Crippen LogP contribution in [0.1, 0.15) is 17.2 Å². The highest BCUT2D eigenvalue weighted by Crippen LogP contribution is 2.29. The van der Waals surface area contributed by atoms with Crippen molar-refractivity contribution in [3.8, 4) is 0 Å². The van der Waals surface area contributed by atoms with Crippen molar-refractivity contribution in [2.24, 2.45) is 0 Å². The summed E-state index contributed by atoms with van der Waals surface area (Å²) in [6.45, 7) is 0.971. The van der Waals surface area contributed by atoms with E-state index in [1.807, 2.05) is 24.3 Å². The van der Waals surface area contributed by atoms with Gasteiger partial charge in [0.05, 0.1) is 30.2 Å². The summed E-state index contributed by atoms with van der Waals surface area (Å²) in [7, 11) is 0. The van der Waals surface area contributed by atoms with Crippen LogP contribution in [-0.4, -0.2) is 11.5 Å². The molecule has 2 aromatic rings. The normalized spacial score (nSPS) is 17.1. The van der Waals surface area contributed by atoms with E-state index in [0.717, 1.165) is 17.2 Å². The summed E-state index contributed by atoms with van der Waals surface area (Å²) >= 11 is 0. The van der Waals surface area contributed by atoms with Crippen LogP contribution in [-0.2, 0) is 11.3 Å². The molecule has 1 atom stereocenters. The summed E-state index contributed by atoms with van der Waals surface area (Å²) < 4.78 is 19.0. The largest absolute Gasteiger partial charge is 0.376 e. The molecule has 5 nitrogen and oxygen atoms in total. The Hall–Kier alpha value is -2.47. The molecule has 1 aliphatic rings. The lowest BCUT2D eigenvalue weighted by atomic mass is 9.99. The molecule has 0 aliphatic carbocycles. The van der Waals surface area contributed by atoms with Crippen molar-refractivity contribution in [2.45, 2.75) is 12.6 Å². The fourth-order valence-corrected chi connectivity index (χ4v) is 2.47. The first kappa shape index (κ1) is 13.5. The molecular formula is C15H13FN2O3. The minimum absolute atomic E-state index is 0.156. The van der Waals surface area contributed by atoms with Crippen molar-refractivity contribution in [3.63, 3.8) is 0 Å². The van der Waals surface area contributed by atoms with E-state index in [0.29, 0.717) is 18.9 Å². The third-order valence-electron chi connectivity index (χ3n) is 3.41. The fourth-order valence-electron chi connectivity index (χ4n) is 2.47. The van der Waals surface area contributed by atoms with Gasteiger partial charge in [-0.05, 0) is 17.2 Å². The maximum Gasteiger partial charge on any atom is 0.274 e. The van der Waals surface area contributed by atoms with Gasteiger partial charge in [0.25, 0.3) is 5.69 Å². The highest BCUT2D eigenvalue weighted by molar-refractivity contribution is 5.53. The zero-order valence-corrected chi connectivity index (χ0v) is 11.1. The van der Waals surface area contributed by atoms with E-state index >= 15 is 0 Å². The molecule has 0 radical (unpaired) electrons. The van der Waals surface area contributed by atoms with Gasteiger partial charge in [-0.1, -0.05) is 24.3 Å². The minimum atomic E-state index is -0.642. The van der Waals surface area contributed by atoms with Gasteiger partial charge in [0.1, 0.15) is 5.82 Å². The molecule has 6 heteroatoms. The Kier molecular flexibility index (Phi) is 3.53. The van der Waals surface area contributed by atoms with Crippen LogP contribution in [0.2, 0.25) is 0 Å². The Labute approximate surface area is 120 Å². The number of benzene rings is 2. The molecule has 21 heavy (non-hydrogen) atoms. The lowest BCUT2D eigenvalue weighted by Crippen LogP contribution is -2.23. The van der Waals surface area contributed by atoms with Crippen molar-refractivity contribution in [2.75, 3.05) is 11.9 Å². The molecule has 1 heterocycles. The summed E-state index contributed by atoms with van der Waals surface area (Å²) in [4.78, 5) is 10.2. The molecule has 1 unspecified atom stereocenters. The molecule has 1 N–H and O–H groups in total. The minimum Gasteiger partial charge on any atom is -0.376 e. The lowest BCUT2D eigenvalue weighted by molar-refractivity contribution is -0.385. The SMILES string of the molecule is O=[N+]([O-])c1cc(F)cc(NC2COCc3ccccc32)c1. The van der Waals surface area contributed by atoms with Crippen LogP contribution in [0.25, 0.3) is 0 Å². The summed E-state index contributed by atoms with van der Waals surface area (Å²) in [5.74, 6) is -0.642. The number of anilines is 1.